The van der Waals surface area contributed by atoms with Gasteiger partial charge in [-0.25, -0.2) is 0 Å². The van der Waals surface area contributed by atoms with Crippen molar-refractivity contribution in [2.75, 3.05) is 0 Å². The van der Waals surface area contributed by atoms with Gasteiger partial charge in [-0.2, -0.15) is 5.26 Å². The zero-order valence-corrected chi connectivity index (χ0v) is 12.9. The molecule has 1 N–H and O–H groups in total. The molecule has 1 fully saturated rings. The number of amides is 1. The zero-order chi connectivity index (χ0) is 15.5. The average Bonchev–Trinajstić information content (AvgIpc) is 2.80. The van der Waals surface area contributed by atoms with E-state index >= 15 is 0 Å². The number of rotatable bonds is 3. The van der Waals surface area contributed by atoms with Gasteiger partial charge in [0.15, 0.2) is 0 Å². The molecule has 1 heterocycles. The molecule has 1 amide bonds. The monoisotopic (exact) mass is 295 g/mol. The van der Waals surface area contributed by atoms with Crippen LogP contribution >= 0.6 is 0 Å². The van der Waals surface area contributed by atoms with Gasteiger partial charge in [-0.15, -0.1) is 0 Å². The van der Waals surface area contributed by atoms with Gasteiger partial charge in [-0.1, -0.05) is 37.5 Å². The van der Waals surface area contributed by atoms with Crippen LogP contribution in [0, 0.1) is 18.3 Å². The summed E-state index contributed by atoms with van der Waals surface area (Å²) in [6.45, 7) is 2.19. The van der Waals surface area contributed by atoms with Crippen molar-refractivity contribution in [3.05, 3.63) is 35.5 Å². The summed E-state index contributed by atoms with van der Waals surface area (Å²) in [5.74, 6) is 0.0419. The molecule has 1 aromatic carbocycles. The van der Waals surface area contributed by atoms with E-state index in [4.69, 9.17) is 0 Å². The number of nitrogens with zero attached hydrogens (tertiary/aromatic N) is 2. The molecule has 1 aliphatic carbocycles. The van der Waals surface area contributed by atoms with E-state index in [9.17, 15) is 10.1 Å². The maximum Gasteiger partial charge on any atom is 0.240 e. The smallest absolute Gasteiger partial charge is 0.240 e. The number of fused-ring (bicyclic) bond motifs is 1. The minimum Gasteiger partial charge on any atom is -0.352 e. The van der Waals surface area contributed by atoms with Crippen molar-refractivity contribution in [3.63, 3.8) is 0 Å². The number of carbonyl (C=O) groups excluding carboxylic acids is 1. The van der Waals surface area contributed by atoms with Crippen molar-refractivity contribution in [1.82, 2.24) is 9.88 Å². The van der Waals surface area contributed by atoms with Gasteiger partial charge in [0.05, 0.1) is 11.1 Å². The second-order valence-corrected chi connectivity index (χ2v) is 6.08. The summed E-state index contributed by atoms with van der Waals surface area (Å²) < 4.78 is 1.95. The molecule has 1 saturated carbocycles. The maximum atomic E-state index is 12.4. The van der Waals surface area contributed by atoms with Crippen LogP contribution in [0.4, 0.5) is 0 Å². The number of nitrogens with one attached hydrogen (secondary N) is 1. The lowest BCUT2D eigenvalue weighted by atomic mass is 9.95. The molecule has 4 nitrogen and oxygen atoms in total. The highest BCUT2D eigenvalue weighted by Gasteiger charge is 2.18. The van der Waals surface area contributed by atoms with Crippen LogP contribution in [-0.4, -0.2) is 16.5 Å². The minimum absolute atomic E-state index is 0.0419. The summed E-state index contributed by atoms with van der Waals surface area (Å²) in [5.41, 5.74) is 2.49. The van der Waals surface area contributed by atoms with Crippen molar-refractivity contribution in [2.24, 2.45) is 0 Å². The van der Waals surface area contributed by atoms with E-state index in [-0.39, 0.29) is 12.5 Å². The number of nitriles is 1. The number of hydrogen-bond acceptors (Lipinski definition) is 2. The van der Waals surface area contributed by atoms with E-state index in [2.05, 4.69) is 11.4 Å². The highest BCUT2D eigenvalue weighted by Crippen LogP contribution is 2.25. The third-order valence-electron chi connectivity index (χ3n) is 4.61. The van der Waals surface area contributed by atoms with Gasteiger partial charge in [0.25, 0.3) is 0 Å². The lowest BCUT2D eigenvalue weighted by Gasteiger charge is -2.23. The molecule has 0 saturated heterocycles. The lowest BCUT2D eigenvalue weighted by molar-refractivity contribution is -0.122. The molecule has 3 rings (SSSR count). The SMILES string of the molecule is Cc1c(C#N)c2ccccc2n1CC(=O)NC1CCCCC1. The summed E-state index contributed by atoms with van der Waals surface area (Å²) in [6, 6.07) is 10.4. The van der Waals surface area contributed by atoms with Crippen LogP contribution in [0.5, 0.6) is 0 Å². The normalized spacial score (nSPS) is 15.6. The number of benzene rings is 1. The average molecular weight is 295 g/mol. The Hall–Kier alpha value is -2.28. The maximum absolute atomic E-state index is 12.4. The Morgan fingerprint density at radius 1 is 1.32 bits per heavy atom. The fourth-order valence-electron chi connectivity index (χ4n) is 3.44. The van der Waals surface area contributed by atoms with E-state index in [1.54, 1.807) is 0 Å². The van der Waals surface area contributed by atoms with E-state index in [1.165, 1.54) is 19.3 Å². The topological polar surface area (TPSA) is 57.8 Å². The van der Waals surface area contributed by atoms with Gasteiger partial charge >= 0.3 is 0 Å². The fraction of sp³-hybridized carbons (Fsp3) is 0.444. The molecule has 0 aliphatic heterocycles. The Kier molecular flexibility index (Phi) is 4.15. The quantitative estimate of drug-likeness (QED) is 0.944. The lowest BCUT2D eigenvalue weighted by Crippen LogP contribution is -2.38. The molecule has 2 aromatic rings. The third kappa shape index (κ3) is 2.71. The van der Waals surface area contributed by atoms with Gasteiger partial charge in [-0.05, 0) is 25.8 Å². The number of hydrogen-bond donors (Lipinski definition) is 1. The second-order valence-electron chi connectivity index (χ2n) is 6.08. The molecule has 0 spiro atoms. The highest BCUT2D eigenvalue weighted by molar-refractivity contribution is 5.89. The zero-order valence-electron chi connectivity index (χ0n) is 12.9. The molecule has 1 aliphatic rings. The minimum atomic E-state index is 0.0419. The van der Waals surface area contributed by atoms with E-state index in [1.807, 2.05) is 35.8 Å². The van der Waals surface area contributed by atoms with Crippen LogP contribution in [0.1, 0.15) is 43.4 Å². The summed E-state index contributed by atoms with van der Waals surface area (Å²) in [6.07, 6.45) is 5.85. The highest BCUT2D eigenvalue weighted by atomic mass is 16.2. The molecule has 0 bridgehead atoms. The first-order valence-corrected chi connectivity index (χ1v) is 7.98. The molecular weight excluding hydrogens is 274 g/mol. The Bertz CT molecular complexity index is 733. The molecule has 114 valence electrons. The Balaban J connectivity index is 1.83. The molecule has 4 heteroatoms. The van der Waals surface area contributed by atoms with Crippen molar-refractivity contribution in [1.29, 1.82) is 5.26 Å². The number of para-hydroxylation sites is 1. The summed E-state index contributed by atoms with van der Waals surface area (Å²) >= 11 is 0. The van der Waals surface area contributed by atoms with Gasteiger partial charge in [-0.3, -0.25) is 4.79 Å². The van der Waals surface area contributed by atoms with E-state index in [0.29, 0.717) is 11.6 Å². The third-order valence-corrected chi connectivity index (χ3v) is 4.61. The Morgan fingerprint density at radius 2 is 2.05 bits per heavy atom. The van der Waals surface area contributed by atoms with E-state index < -0.39 is 0 Å². The molecule has 0 atom stereocenters. The first kappa shape index (κ1) is 14.6. The Morgan fingerprint density at radius 3 is 2.77 bits per heavy atom. The first-order valence-electron chi connectivity index (χ1n) is 7.98. The number of aromatic nitrogens is 1. The van der Waals surface area contributed by atoms with Crippen molar-refractivity contribution < 1.29 is 4.79 Å². The van der Waals surface area contributed by atoms with Crippen LogP contribution in [0.25, 0.3) is 10.9 Å². The largest absolute Gasteiger partial charge is 0.352 e. The first-order chi connectivity index (χ1) is 10.7. The van der Waals surface area contributed by atoms with Crippen LogP contribution < -0.4 is 5.32 Å². The predicted octanol–water partition coefficient (Wildman–Crippen LogP) is 3.27. The van der Waals surface area contributed by atoms with Crippen LogP contribution in [0.15, 0.2) is 24.3 Å². The molecule has 22 heavy (non-hydrogen) atoms. The summed E-state index contributed by atoms with van der Waals surface area (Å²) in [4.78, 5) is 12.4. The Labute approximate surface area is 130 Å². The standard InChI is InChI=1S/C18H21N3O/c1-13-16(11-19)15-9-5-6-10-17(15)21(13)12-18(22)20-14-7-3-2-4-8-14/h5-6,9-10,14H,2-4,7-8,12H2,1H3,(H,20,22). The summed E-state index contributed by atoms with van der Waals surface area (Å²) in [5, 5.41) is 13.4. The summed E-state index contributed by atoms with van der Waals surface area (Å²) in [7, 11) is 0. The van der Waals surface area contributed by atoms with E-state index in [0.717, 1.165) is 29.4 Å². The molecule has 0 radical (unpaired) electrons. The predicted molar refractivity (Wildman–Crippen MR) is 86.4 cm³/mol. The van der Waals surface area contributed by atoms with Gasteiger partial charge < -0.3 is 9.88 Å². The van der Waals surface area contributed by atoms with Crippen molar-refractivity contribution >= 4 is 16.8 Å². The second kappa shape index (κ2) is 6.23. The van der Waals surface area contributed by atoms with Crippen LogP contribution in [0.2, 0.25) is 0 Å². The molecule has 1 aromatic heterocycles. The van der Waals surface area contributed by atoms with Gasteiger partial charge in [0, 0.05) is 17.1 Å². The van der Waals surface area contributed by atoms with Gasteiger partial charge in [0.1, 0.15) is 12.6 Å². The van der Waals surface area contributed by atoms with Gasteiger partial charge in [0.2, 0.25) is 5.91 Å². The van der Waals surface area contributed by atoms with Crippen molar-refractivity contribution in [2.45, 2.75) is 51.6 Å². The number of carbonyl (C=O) groups is 1. The van der Waals surface area contributed by atoms with Crippen LogP contribution in [0.3, 0.4) is 0 Å². The van der Waals surface area contributed by atoms with Crippen LogP contribution in [-0.2, 0) is 11.3 Å². The van der Waals surface area contributed by atoms with Crippen molar-refractivity contribution in [3.8, 4) is 6.07 Å². The fourth-order valence-corrected chi connectivity index (χ4v) is 3.44. The molecule has 0 unspecified atom stereocenters. The molecular formula is C18H21N3O.